The van der Waals surface area contributed by atoms with Crippen LogP contribution in [-0.2, 0) is 4.79 Å². The minimum Gasteiger partial charge on any atom is -0.369 e. The monoisotopic (exact) mass is 211 g/mol. The lowest BCUT2D eigenvalue weighted by atomic mass is 9.85. The van der Waals surface area contributed by atoms with E-state index < -0.39 is 0 Å². The molecule has 2 fully saturated rings. The quantitative estimate of drug-likeness (QED) is 0.614. The number of carbonyl (C=O) groups is 1. The highest BCUT2D eigenvalue weighted by Crippen LogP contribution is 2.24. The molecule has 4 nitrogen and oxygen atoms in total. The van der Waals surface area contributed by atoms with Gasteiger partial charge in [0.2, 0.25) is 5.91 Å². The zero-order valence-corrected chi connectivity index (χ0v) is 9.17. The van der Waals surface area contributed by atoms with Gasteiger partial charge in [-0.3, -0.25) is 4.79 Å². The van der Waals surface area contributed by atoms with E-state index in [1.807, 2.05) is 0 Å². The number of nitrogens with one attached hydrogen (secondary N) is 2. The molecule has 4 N–H and O–H groups in total. The van der Waals surface area contributed by atoms with E-state index >= 15 is 0 Å². The minimum absolute atomic E-state index is 0.115. The van der Waals surface area contributed by atoms with Gasteiger partial charge in [-0.1, -0.05) is 0 Å². The highest BCUT2D eigenvalue weighted by atomic mass is 16.1. The van der Waals surface area contributed by atoms with Crippen LogP contribution in [0.2, 0.25) is 0 Å². The number of hydrogen-bond acceptors (Lipinski definition) is 3. The van der Waals surface area contributed by atoms with Crippen LogP contribution in [0, 0.1) is 5.92 Å². The van der Waals surface area contributed by atoms with E-state index in [0.717, 1.165) is 38.8 Å². The molecular formula is C11H21N3O. The lowest BCUT2D eigenvalue weighted by Crippen LogP contribution is -2.42. The van der Waals surface area contributed by atoms with Crippen LogP contribution in [0.3, 0.4) is 0 Å². The van der Waals surface area contributed by atoms with Crippen molar-refractivity contribution in [3.05, 3.63) is 0 Å². The maximum Gasteiger partial charge on any atom is 0.220 e. The first-order valence-corrected chi connectivity index (χ1v) is 6.02. The van der Waals surface area contributed by atoms with Crippen molar-refractivity contribution in [2.75, 3.05) is 13.1 Å². The average Bonchev–Trinajstić information content (AvgIpc) is 2.71. The molecule has 1 saturated heterocycles. The number of amides is 1. The molecule has 1 unspecified atom stereocenters. The summed E-state index contributed by atoms with van der Waals surface area (Å²) in [7, 11) is 0. The number of hydrogen-bond donors (Lipinski definition) is 3. The number of nitrogens with two attached hydrogens (primary N) is 1. The molecule has 0 aromatic rings. The second-order valence-electron chi connectivity index (χ2n) is 4.81. The molecule has 4 heteroatoms. The molecule has 0 aromatic heterocycles. The summed E-state index contributed by atoms with van der Waals surface area (Å²) in [4.78, 5) is 11.0. The average molecular weight is 211 g/mol. The molecule has 0 aromatic carbocycles. The summed E-state index contributed by atoms with van der Waals surface area (Å²) in [5, 5.41) is 7.01. The highest BCUT2D eigenvalue weighted by molar-refractivity contribution is 5.76. The standard InChI is InChI=1S/C11H21N3O/c12-11(15)8-1-3-9(4-2-8)14-10-5-6-13-7-10/h8-10,13-14H,1-7H2,(H2,12,15). The highest BCUT2D eigenvalue weighted by Gasteiger charge is 2.26. The Hall–Kier alpha value is -0.610. The van der Waals surface area contributed by atoms with E-state index in [9.17, 15) is 4.79 Å². The molecule has 1 aliphatic carbocycles. The maximum atomic E-state index is 11.0. The van der Waals surface area contributed by atoms with Crippen LogP contribution in [0.5, 0.6) is 0 Å². The Balaban J connectivity index is 1.71. The molecule has 1 atom stereocenters. The third-order valence-electron chi connectivity index (χ3n) is 3.66. The smallest absolute Gasteiger partial charge is 0.220 e. The van der Waals surface area contributed by atoms with Crippen LogP contribution in [-0.4, -0.2) is 31.1 Å². The van der Waals surface area contributed by atoms with Crippen molar-refractivity contribution in [2.45, 2.75) is 44.2 Å². The molecule has 15 heavy (non-hydrogen) atoms. The van der Waals surface area contributed by atoms with Gasteiger partial charge in [0, 0.05) is 24.5 Å². The summed E-state index contributed by atoms with van der Waals surface area (Å²) in [6, 6.07) is 1.24. The van der Waals surface area contributed by atoms with Gasteiger partial charge in [0.05, 0.1) is 0 Å². The minimum atomic E-state index is -0.115. The van der Waals surface area contributed by atoms with Gasteiger partial charge in [0.25, 0.3) is 0 Å². The lowest BCUT2D eigenvalue weighted by molar-refractivity contribution is -0.122. The van der Waals surface area contributed by atoms with Crippen LogP contribution in [0.1, 0.15) is 32.1 Å². The van der Waals surface area contributed by atoms with E-state index in [-0.39, 0.29) is 11.8 Å². The molecule has 1 saturated carbocycles. The van der Waals surface area contributed by atoms with Crippen molar-refractivity contribution in [1.82, 2.24) is 10.6 Å². The number of rotatable bonds is 3. The van der Waals surface area contributed by atoms with Crippen LogP contribution < -0.4 is 16.4 Å². The molecule has 86 valence electrons. The Morgan fingerprint density at radius 2 is 1.87 bits per heavy atom. The fourth-order valence-corrected chi connectivity index (χ4v) is 2.67. The van der Waals surface area contributed by atoms with E-state index in [1.54, 1.807) is 0 Å². The summed E-state index contributed by atoms with van der Waals surface area (Å²) in [5.41, 5.74) is 5.31. The predicted octanol–water partition coefficient (Wildman–Crippen LogP) is -0.0180. The van der Waals surface area contributed by atoms with E-state index in [0.29, 0.717) is 12.1 Å². The van der Waals surface area contributed by atoms with Crippen molar-refractivity contribution < 1.29 is 4.79 Å². The van der Waals surface area contributed by atoms with Crippen LogP contribution in [0.4, 0.5) is 0 Å². The Kier molecular flexibility index (Phi) is 3.59. The molecule has 0 radical (unpaired) electrons. The van der Waals surface area contributed by atoms with E-state index in [2.05, 4.69) is 10.6 Å². The summed E-state index contributed by atoms with van der Waals surface area (Å²) < 4.78 is 0. The Morgan fingerprint density at radius 1 is 1.13 bits per heavy atom. The first-order valence-electron chi connectivity index (χ1n) is 6.02. The predicted molar refractivity (Wildman–Crippen MR) is 59.4 cm³/mol. The third-order valence-corrected chi connectivity index (χ3v) is 3.66. The molecule has 1 heterocycles. The Morgan fingerprint density at radius 3 is 2.40 bits per heavy atom. The molecule has 1 amide bonds. The fraction of sp³-hybridized carbons (Fsp3) is 0.909. The van der Waals surface area contributed by atoms with Crippen LogP contribution in [0.25, 0.3) is 0 Å². The molecular weight excluding hydrogens is 190 g/mol. The summed E-state index contributed by atoms with van der Waals surface area (Å²) in [5.74, 6) is 0.0146. The van der Waals surface area contributed by atoms with Crippen LogP contribution in [0.15, 0.2) is 0 Å². The topological polar surface area (TPSA) is 67.2 Å². The first-order chi connectivity index (χ1) is 7.25. The van der Waals surface area contributed by atoms with Gasteiger partial charge in [-0.15, -0.1) is 0 Å². The van der Waals surface area contributed by atoms with Crippen LogP contribution >= 0.6 is 0 Å². The maximum absolute atomic E-state index is 11.0. The SMILES string of the molecule is NC(=O)C1CCC(NC2CCNC2)CC1. The lowest BCUT2D eigenvalue weighted by Gasteiger charge is -2.29. The Bertz CT molecular complexity index is 218. The van der Waals surface area contributed by atoms with Crippen molar-refractivity contribution in [3.8, 4) is 0 Å². The molecule has 2 aliphatic rings. The number of primary amides is 1. The van der Waals surface area contributed by atoms with Crippen molar-refractivity contribution in [2.24, 2.45) is 11.7 Å². The Labute approximate surface area is 91.0 Å². The van der Waals surface area contributed by atoms with Crippen molar-refractivity contribution >= 4 is 5.91 Å². The second-order valence-corrected chi connectivity index (χ2v) is 4.81. The zero-order valence-electron chi connectivity index (χ0n) is 9.17. The van der Waals surface area contributed by atoms with Crippen molar-refractivity contribution in [1.29, 1.82) is 0 Å². The van der Waals surface area contributed by atoms with Gasteiger partial charge in [-0.25, -0.2) is 0 Å². The third kappa shape index (κ3) is 2.92. The van der Waals surface area contributed by atoms with Gasteiger partial charge in [-0.2, -0.15) is 0 Å². The van der Waals surface area contributed by atoms with Crippen molar-refractivity contribution in [3.63, 3.8) is 0 Å². The summed E-state index contributed by atoms with van der Waals surface area (Å²) in [6.45, 7) is 2.23. The molecule has 0 spiro atoms. The molecule has 2 rings (SSSR count). The molecule has 0 bridgehead atoms. The largest absolute Gasteiger partial charge is 0.369 e. The van der Waals surface area contributed by atoms with Gasteiger partial charge < -0.3 is 16.4 Å². The van der Waals surface area contributed by atoms with E-state index in [1.165, 1.54) is 6.42 Å². The number of carbonyl (C=O) groups excluding carboxylic acids is 1. The van der Waals surface area contributed by atoms with Gasteiger partial charge in [0.15, 0.2) is 0 Å². The van der Waals surface area contributed by atoms with Gasteiger partial charge in [0.1, 0.15) is 0 Å². The normalized spacial score (nSPS) is 36.7. The fourth-order valence-electron chi connectivity index (χ4n) is 2.67. The van der Waals surface area contributed by atoms with Gasteiger partial charge in [-0.05, 0) is 38.6 Å². The molecule has 1 aliphatic heterocycles. The van der Waals surface area contributed by atoms with E-state index in [4.69, 9.17) is 5.73 Å². The first kappa shape index (κ1) is 10.9. The summed E-state index contributed by atoms with van der Waals surface area (Å²) >= 11 is 0. The second kappa shape index (κ2) is 4.94. The zero-order chi connectivity index (χ0) is 10.7. The van der Waals surface area contributed by atoms with Gasteiger partial charge >= 0.3 is 0 Å². The summed E-state index contributed by atoms with van der Waals surface area (Å²) in [6.07, 6.45) is 5.37.